The summed E-state index contributed by atoms with van der Waals surface area (Å²) >= 11 is 5.82. The number of halogens is 1. The largest absolute Gasteiger partial charge is 0.302 e. The van der Waals surface area contributed by atoms with Gasteiger partial charge in [0.2, 0.25) is 0 Å². The fourth-order valence-electron chi connectivity index (χ4n) is 1.80. The standard InChI is InChI=1S/C13H20ClN/c1-4-11-5-7-12(8-6-11)13(9-10-14)15(2)3/h5-8,13H,4,9-10H2,1-3H3. The zero-order valence-corrected chi connectivity index (χ0v) is 10.6. The summed E-state index contributed by atoms with van der Waals surface area (Å²) in [4.78, 5) is 2.23. The van der Waals surface area contributed by atoms with Crippen LogP contribution in [0.3, 0.4) is 0 Å². The van der Waals surface area contributed by atoms with Crippen molar-refractivity contribution in [3.8, 4) is 0 Å². The van der Waals surface area contributed by atoms with E-state index in [0.717, 1.165) is 12.8 Å². The van der Waals surface area contributed by atoms with Crippen LogP contribution in [0, 0.1) is 0 Å². The fraction of sp³-hybridized carbons (Fsp3) is 0.538. The van der Waals surface area contributed by atoms with Crippen molar-refractivity contribution in [1.29, 1.82) is 0 Å². The van der Waals surface area contributed by atoms with Crippen molar-refractivity contribution in [1.82, 2.24) is 4.90 Å². The molecule has 1 aromatic rings. The van der Waals surface area contributed by atoms with Gasteiger partial charge in [-0.15, -0.1) is 11.6 Å². The average molecular weight is 226 g/mol. The van der Waals surface area contributed by atoms with Crippen LogP contribution in [-0.2, 0) is 6.42 Å². The molecule has 0 heterocycles. The van der Waals surface area contributed by atoms with Gasteiger partial charge in [0.1, 0.15) is 0 Å². The van der Waals surface area contributed by atoms with E-state index >= 15 is 0 Å². The molecule has 0 aliphatic rings. The Hall–Kier alpha value is -0.530. The van der Waals surface area contributed by atoms with Crippen LogP contribution >= 0.6 is 11.6 Å². The molecule has 0 bridgehead atoms. The molecule has 1 atom stereocenters. The Balaban J connectivity index is 2.81. The molecule has 0 saturated heterocycles. The van der Waals surface area contributed by atoms with Gasteiger partial charge in [0.25, 0.3) is 0 Å². The van der Waals surface area contributed by atoms with Crippen LogP contribution in [0.2, 0.25) is 0 Å². The van der Waals surface area contributed by atoms with Crippen LogP contribution in [0.1, 0.15) is 30.5 Å². The maximum atomic E-state index is 5.82. The number of alkyl halides is 1. The average Bonchev–Trinajstić information content (AvgIpc) is 2.26. The Morgan fingerprint density at radius 2 is 1.80 bits per heavy atom. The molecule has 0 aromatic heterocycles. The van der Waals surface area contributed by atoms with Gasteiger partial charge in [0, 0.05) is 11.9 Å². The minimum absolute atomic E-state index is 0.438. The molecule has 84 valence electrons. The van der Waals surface area contributed by atoms with Crippen LogP contribution < -0.4 is 0 Å². The van der Waals surface area contributed by atoms with Gasteiger partial charge in [-0.2, -0.15) is 0 Å². The van der Waals surface area contributed by atoms with E-state index < -0.39 is 0 Å². The first-order chi connectivity index (χ1) is 7.19. The zero-order valence-electron chi connectivity index (χ0n) is 9.83. The minimum atomic E-state index is 0.438. The number of hydrogen-bond acceptors (Lipinski definition) is 1. The summed E-state index contributed by atoms with van der Waals surface area (Å²) in [7, 11) is 4.20. The van der Waals surface area contributed by atoms with Crippen LogP contribution in [0.4, 0.5) is 0 Å². The highest BCUT2D eigenvalue weighted by molar-refractivity contribution is 6.17. The normalized spacial score (nSPS) is 13.1. The molecule has 0 N–H and O–H groups in total. The van der Waals surface area contributed by atoms with Crippen molar-refractivity contribution in [3.05, 3.63) is 35.4 Å². The molecule has 0 radical (unpaired) electrons. The molecule has 0 aliphatic carbocycles. The van der Waals surface area contributed by atoms with Gasteiger partial charge in [-0.3, -0.25) is 0 Å². The summed E-state index contributed by atoms with van der Waals surface area (Å²) in [6.07, 6.45) is 2.10. The predicted octanol–water partition coefficient (Wildman–Crippen LogP) is 3.48. The van der Waals surface area contributed by atoms with Crippen molar-refractivity contribution < 1.29 is 0 Å². The first-order valence-corrected chi connectivity index (χ1v) is 6.03. The molecule has 15 heavy (non-hydrogen) atoms. The van der Waals surface area contributed by atoms with Crippen molar-refractivity contribution >= 4 is 11.6 Å². The monoisotopic (exact) mass is 225 g/mol. The second-order valence-corrected chi connectivity index (χ2v) is 4.43. The molecule has 1 aromatic carbocycles. The van der Waals surface area contributed by atoms with E-state index in [2.05, 4.69) is 50.2 Å². The lowest BCUT2D eigenvalue weighted by Crippen LogP contribution is -2.20. The maximum absolute atomic E-state index is 5.82. The summed E-state index contributed by atoms with van der Waals surface area (Å²) in [5, 5.41) is 0. The van der Waals surface area contributed by atoms with Crippen molar-refractivity contribution in [2.45, 2.75) is 25.8 Å². The lowest BCUT2D eigenvalue weighted by molar-refractivity contribution is 0.293. The number of aryl methyl sites for hydroxylation is 1. The predicted molar refractivity (Wildman–Crippen MR) is 67.6 cm³/mol. The van der Waals surface area contributed by atoms with Crippen LogP contribution in [0.15, 0.2) is 24.3 Å². The van der Waals surface area contributed by atoms with Gasteiger partial charge in [0.05, 0.1) is 0 Å². The molecule has 2 heteroatoms. The first kappa shape index (κ1) is 12.5. The zero-order chi connectivity index (χ0) is 11.3. The Morgan fingerprint density at radius 3 is 2.20 bits per heavy atom. The van der Waals surface area contributed by atoms with Crippen LogP contribution in [0.25, 0.3) is 0 Å². The highest BCUT2D eigenvalue weighted by atomic mass is 35.5. The highest BCUT2D eigenvalue weighted by Crippen LogP contribution is 2.22. The number of rotatable bonds is 5. The second kappa shape index (κ2) is 6.14. The van der Waals surface area contributed by atoms with E-state index in [9.17, 15) is 0 Å². The number of nitrogens with zero attached hydrogens (tertiary/aromatic N) is 1. The topological polar surface area (TPSA) is 3.24 Å². The summed E-state index contributed by atoms with van der Waals surface area (Å²) < 4.78 is 0. The summed E-state index contributed by atoms with van der Waals surface area (Å²) in [6.45, 7) is 2.18. The maximum Gasteiger partial charge on any atom is 0.0353 e. The molecule has 0 aliphatic heterocycles. The number of hydrogen-bond donors (Lipinski definition) is 0. The third kappa shape index (κ3) is 3.51. The van der Waals surface area contributed by atoms with E-state index in [-0.39, 0.29) is 0 Å². The van der Waals surface area contributed by atoms with E-state index in [1.807, 2.05) is 0 Å². The Kier molecular flexibility index (Phi) is 5.13. The Morgan fingerprint density at radius 1 is 1.20 bits per heavy atom. The summed E-state index contributed by atoms with van der Waals surface area (Å²) in [5.74, 6) is 0.707. The van der Waals surface area contributed by atoms with Gasteiger partial charge >= 0.3 is 0 Å². The van der Waals surface area contributed by atoms with Gasteiger partial charge < -0.3 is 4.90 Å². The molecular formula is C13H20ClN. The molecule has 1 nitrogen and oxygen atoms in total. The Bertz CT molecular complexity index is 279. The smallest absolute Gasteiger partial charge is 0.0353 e. The lowest BCUT2D eigenvalue weighted by atomic mass is 10.0. The summed E-state index contributed by atoms with van der Waals surface area (Å²) in [5.41, 5.74) is 2.75. The SMILES string of the molecule is CCc1ccc(C(CCCl)N(C)C)cc1. The second-order valence-electron chi connectivity index (χ2n) is 4.05. The first-order valence-electron chi connectivity index (χ1n) is 5.50. The third-order valence-electron chi connectivity index (χ3n) is 2.78. The quantitative estimate of drug-likeness (QED) is 0.694. The molecule has 0 fully saturated rings. The molecule has 0 spiro atoms. The Labute approximate surface area is 98.0 Å². The number of benzene rings is 1. The lowest BCUT2D eigenvalue weighted by Gasteiger charge is -2.24. The van der Waals surface area contributed by atoms with Crippen molar-refractivity contribution in [2.24, 2.45) is 0 Å². The molecule has 1 rings (SSSR count). The fourth-order valence-corrected chi connectivity index (χ4v) is 2.01. The molecular weight excluding hydrogens is 206 g/mol. The van der Waals surface area contributed by atoms with E-state index in [1.54, 1.807) is 0 Å². The van der Waals surface area contributed by atoms with E-state index in [0.29, 0.717) is 11.9 Å². The van der Waals surface area contributed by atoms with Crippen molar-refractivity contribution in [2.75, 3.05) is 20.0 Å². The van der Waals surface area contributed by atoms with Gasteiger partial charge in [-0.05, 0) is 38.1 Å². The van der Waals surface area contributed by atoms with E-state index in [4.69, 9.17) is 11.6 Å². The molecule has 0 saturated carbocycles. The van der Waals surface area contributed by atoms with Crippen LogP contribution in [0.5, 0.6) is 0 Å². The highest BCUT2D eigenvalue weighted by Gasteiger charge is 2.12. The molecule has 1 unspecified atom stereocenters. The molecule has 0 amide bonds. The van der Waals surface area contributed by atoms with Crippen LogP contribution in [-0.4, -0.2) is 24.9 Å². The van der Waals surface area contributed by atoms with E-state index in [1.165, 1.54) is 11.1 Å². The van der Waals surface area contributed by atoms with Crippen molar-refractivity contribution in [3.63, 3.8) is 0 Å². The van der Waals surface area contributed by atoms with Gasteiger partial charge in [-0.25, -0.2) is 0 Å². The van der Waals surface area contributed by atoms with Gasteiger partial charge in [-0.1, -0.05) is 31.2 Å². The third-order valence-corrected chi connectivity index (χ3v) is 3.00. The minimum Gasteiger partial charge on any atom is -0.302 e. The summed E-state index contributed by atoms with van der Waals surface area (Å²) in [6, 6.07) is 9.29. The van der Waals surface area contributed by atoms with Gasteiger partial charge in [0.15, 0.2) is 0 Å².